The van der Waals surface area contributed by atoms with Crippen LogP contribution in [0.15, 0.2) is 66.0 Å². The average molecular weight is 562 g/mol. The van der Waals surface area contributed by atoms with Crippen LogP contribution in [0, 0.1) is 6.92 Å². The molecule has 5 rings (SSSR count). The minimum Gasteiger partial charge on any atom is -0.456 e. The molecule has 9 heteroatoms. The highest BCUT2D eigenvalue weighted by atomic mass is 32.2. The van der Waals surface area contributed by atoms with Gasteiger partial charge in [0, 0.05) is 34.0 Å². The first-order chi connectivity index (χ1) is 19.1. The number of rotatable bonds is 7. The van der Waals surface area contributed by atoms with Crippen molar-refractivity contribution >= 4 is 33.3 Å². The van der Waals surface area contributed by atoms with Gasteiger partial charge in [0.05, 0.1) is 40.2 Å². The summed E-state index contributed by atoms with van der Waals surface area (Å²) in [5.74, 6) is 1.22. The SMILES string of the molecule is CC.Cc1cc(CC(=O)Nc2cnn(C(C)(C)C)c2)ccc1Oc1ccnc2ccc(S(=O)C3CC(N)C3)cc12. The van der Waals surface area contributed by atoms with Crippen molar-refractivity contribution < 1.29 is 13.7 Å². The number of nitrogens with one attached hydrogen (secondary N) is 1. The van der Waals surface area contributed by atoms with Crippen LogP contribution in [0.1, 0.15) is 58.6 Å². The molecular weight excluding hydrogens is 522 g/mol. The van der Waals surface area contributed by atoms with E-state index in [4.69, 9.17) is 10.5 Å². The number of carbonyl (C=O) groups is 1. The highest BCUT2D eigenvalue weighted by molar-refractivity contribution is 7.85. The Morgan fingerprint density at radius 2 is 1.88 bits per heavy atom. The molecule has 0 aliphatic heterocycles. The number of amides is 1. The van der Waals surface area contributed by atoms with Crippen molar-refractivity contribution in [3.63, 3.8) is 0 Å². The summed E-state index contributed by atoms with van der Waals surface area (Å²) in [6.45, 7) is 12.1. The van der Waals surface area contributed by atoms with Crippen LogP contribution in [0.5, 0.6) is 11.5 Å². The molecule has 0 bridgehead atoms. The molecule has 212 valence electrons. The monoisotopic (exact) mass is 561 g/mol. The average Bonchev–Trinajstić information content (AvgIpc) is 3.38. The van der Waals surface area contributed by atoms with Crippen molar-refractivity contribution in [3.05, 3.63) is 72.2 Å². The van der Waals surface area contributed by atoms with Gasteiger partial charge in [-0.05, 0) is 82.0 Å². The van der Waals surface area contributed by atoms with Gasteiger partial charge in [0.25, 0.3) is 0 Å². The highest BCUT2D eigenvalue weighted by Crippen LogP contribution is 2.34. The number of fused-ring (bicyclic) bond motifs is 1. The fourth-order valence-electron chi connectivity index (χ4n) is 4.49. The zero-order valence-electron chi connectivity index (χ0n) is 24.1. The second-order valence-corrected chi connectivity index (χ2v) is 12.6. The Balaban J connectivity index is 0.00000181. The van der Waals surface area contributed by atoms with Crippen molar-refractivity contribution in [2.24, 2.45) is 5.73 Å². The molecule has 1 saturated carbocycles. The zero-order valence-corrected chi connectivity index (χ0v) is 24.9. The van der Waals surface area contributed by atoms with Crippen LogP contribution in [-0.2, 0) is 27.6 Å². The van der Waals surface area contributed by atoms with Crippen molar-refractivity contribution in [2.45, 2.75) is 82.5 Å². The summed E-state index contributed by atoms with van der Waals surface area (Å²) in [6.07, 6.45) is 7.00. The minimum absolute atomic E-state index is 0.102. The normalized spacial score (nSPS) is 17.4. The molecule has 1 amide bonds. The Morgan fingerprint density at radius 3 is 2.52 bits per heavy atom. The largest absolute Gasteiger partial charge is 0.456 e. The predicted molar refractivity (Wildman–Crippen MR) is 161 cm³/mol. The Labute approximate surface area is 238 Å². The number of hydrogen-bond acceptors (Lipinski definition) is 6. The van der Waals surface area contributed by atoms with E-state index in [2.05, 4.69) is 36.2 Å². The third-order valence-electron chi connectivity index (χ3n) is 6.72. The molecule has 0 radical (unpaired) electrons. The standard InChI is InChI=1S/C29H33N5O3S.C2H6/c1-18-11-19(12-28(35)33-21-16-32-34(17-21)29(2,3)4)5-8-26(18)37-27-9-10-31-25-7-6-22(15-24(25)27)38(36)23-13-20(30)14-23;1-2/h5-11,15-17,20,23H,12-14,30H2,1-4H3,(H,33,35);1-2H3. The first kappa shape index (κ1) is 29.4. The maximum Gasteiger partial charge on any atom is 0.228 e. The van der Waals surface area contributed by atoms with Gasteiger partial charge in [0.1, 0.15) is 11.5 Å². The number of benzene rings is 2. The fourth-order valence-corrected chi connectivity index (χ4v) is 6.15. The number of aryl methyl sites for hydroxylation is 1. The molecule has 1 unspecified atom stereocenters. The van der Waals surface area contributed by atoms with Crippen LogP contribution >= 0.6 is 0 Å². The van der Waals surface area contributed by atoms with Crippen LogP contribution in [0.4, 0.5) is 5.69 Å². The van der Waals surface area contributed by atoms with Gasteiger partial charge in [-0.25, -0.2) is 0 Å². The number of carbonyl (C=O) groups excluding carboxylic acids is 1. The predicted octanol–water partition coefficient (Wildman–Crippen LogP) is 6.09. The topological polar surface area (TPSA) is 112 Å². The van der Waals surface area contributed by atoms with Gasteiger partial charge in [0.2, 0.25) is 5.91 Å². The molecular formula is C31H39N5O3S. The second kappa shape index (κ2) is 12.3. The summed E-state index contributed by atoms with van der Waals surface area (Å²) in [5, 5.41) is 8.15. The van der Waals surface area contributed by atoms with E-state index in [1.165, 1.54) is 0 Å². The molecule has 1 atom stereocenters. The van der Waals surface area contributed by atoms with Gasteiger partial charge < -0.3 is 15.8 Å². The molecule has 0 saturated heterocycles. The lowest BCUT2D eigenvalue weighted by atomic mass is 9.93. The first-order valence-corrected chi connectivity index (χ1v) is 15.0. The molecule has 2 aromatic carbocycles. The highest BCUT2D eigenvalue weighted by Gasteiger charge is 2.31. The van der Waals surface area contributed by atoms with Gasteiger partial charge in [-0.2, -0.15) is 5.10 Å². The quantitative estimate of drug-likeness (QED) is 0.282. The van der Waals surface area contributed by atoms with E-state index in [-0.39, 0.29) is 29.2 Å². The van der Waals surface area contributed by atoms with E-state index in [9.17, 15) is 9.00 Å². The number of hydrogen-bond donors (Lipinski definition) is 2. The lowest BCUT2D eigenvalue weighted by molar-refractivity contribution is -0.115. The van der Waals surface area contributed by atoms with E-state index < -0.39 is 10.8 Å². The van der Waals surface area contributed by atoms with E-state index in [1.54, 1.807) is 12.4 Å². The third kappa shape index (κ3) is 6.77. The summed E-state index contributed by atoms with van der Waals surface area (Å²) in [4.78, 5) is 17.8. The summed E-state index contributed by atoms with van der Waals surface area (Å²) in [6, 6.07) is 13.3. The zero-order chi connectivity index (χ0) is 29.0. The minimum atomic E-state index is -1.11. The fraction of sp³-hybridized carbons (Fsp3) is 0.387. The molecule has 2 aromatic heterocycles. The van der Waals surface area contributed by atoms with Gasteiger partial charge in [-0.15, -0.1) is 0 Å². The van der Waals surface area contributed by atoms with Gasteiger partial charge in [-0.1, -0.05) is 26.0 Å². The van der Waals surface area contributed by atoms with Crippen LogP contribution in [0.2, 0.25) is 0 Å². The summed E-state index contributed by atoms with van der Waals surface area (Å²) < 4.78 is 21.1. The van der Waals surface area contributed by atoms with Crippen LogP contribution in [0.3, 0.4) is 0 Å². The second-order valence-electron chi connectivity index (χ2n) is 10.9. The number of ether oxygens (including phenoxy) is 1. The number of aromatic nitrogens is 3. The summed E-state index contributed by atoms with van der Waals surface area (Å²) in [7, 11) is -1.11. The van der Waals surface area contributed by atoms with Gasteiger partial charge >= 0.3 is 0 Å². The van der Waals surface area contributed by atoms with Crippen molar-refractivity contribution in [2.75, 3.05) is 5.32 Å². The molecule has 1 aliphatic carbocycles. The Morgan fingerprint density at radius 1 is 1.12 bits per heavy atom. The molecule has 1 fully saturated rings. The Hall–Kier alpha value is -3.56. The number of pyridine rings is 1. The third-order valence-corrected chi connectivity index (χ3v) is 8.43. The van der Waals surface area contributed by atoms with Crippen LogP contribution in [0.25, 0.3) is 10.9 Å². The Bertz CT molecular complexity index is 1520. The maximum atomic E-state index is 13.0. The van der Waals surface area contributed by atoms with Crippen molar-refractivity contribution in [1.82, 2.24) is 14.8 Å². The lowest BCUT2D eigenvalue weighted by Gasteiger charge is -2.31. The van der Waals surface area contributed by atoms with Crippen LogP contribution in [-0.4, -0.2) is 36.2 Å². The first-order valence-electron chi connectivity index (χ1n) is 13.7. The smallest absolute Gasteiger partial charge is 0.228 e. The Kier molecular flexibility index (Phi) is 9.05. The molecule has 0 spiro atoms. The van der Waals surface area contributed by atoms with Gasteiger partial charge in [0.15, 0.2) is 0 Å². The van der Waals surface area contributed by atoms with Crippen molar-refractivity contribution in [3.8, 4) is 11.5 Å². The number of anilines is 1. The van der Waals surface area contributed by atoms with Crippen molar-refractivity contribution in [1.29, 1.82) is 0 Å². The van der Waals surface area contributed by atoms with Gasteiger partial charge in [-0.3, -0.25) is 18.7 Å². The van der Waals surface area contributed by atoms with E-state index >= 15 is 0 Å². The maximum absolute atomic E-state index is 13.0. The van der Waals surface area contributed by atoms with Crippen LogP contribution < -0.4 is 15.8 Å². The molecule has 2 heterocycles. The summed E-state index contributed by atoms with van der Waals surface area (Å²) >= 11 is 0. The molecule has 3 N–H and O–H groups in total. The number of nitrogens with two attached hydrogens (primary N) is 1. The van der Waals surface area contributed by atoms with E-state index in [0.29, 0.717) is 17.2 Å². The number of nitrogens with zero attached hydrogens (tertiary/aromatic N) is 3. The van der Waals surface area contributed by atoms with E-state index in [1.807, 2.05) is 74.1 Å². The molecule has 8 nitrogen and oxygen atoms in total. The molecule has 1 aliphatic rings. The van der Waals surface area contributed by atoms with E-state index in [0.717, 1.165) is 39.8 Å². The molecule has 4 aromatic rings. The molecule has 40 heavy (non-hydrogen) atoms. The lowest BCUT2D eigenvalue weighted by Crippen LogP contribution is -2.42. The summed E-state index contributed by atoms with van der Waals surface area (Å²) in [5.41, 5.74) is 8.98.